The molecule has 0 bridgehead atoms. The molecule has 0 saturated carbocycles. The summed E-state index contributed by atoms with van der Waals surface area (Å²) >= 11 is 0. The van der Waals surface area contributed by atoms with Crippen molar-refractivity contribution in [1.82, 2.24) is 15.4 Å². The lowest BCUT2D eigenvalue weighted by Crippen LogP contribution is -2.29. The molecule has 0 amide bonds. The average Bonchev–Trinajstić information content (AvgIpc) is 2.53. The quantitative estimate of drug-likeness (QED) is 0.561. The largest absolute Gasteiger partial charge is 0.271 e. The zero-order valence-corrected chi connectivity index (χ0v) is 11.0. The highest BCUT2D eigenvalue weighted by atomic mass is 15.2. The van der Waals surface area contributed by atoms with Crippen molar-refractivity contribution in [3.05, 3.63) is 72.2 Å². The van der Waals surface area contributed by atoms with Crippen molar-refractivity contribution >= 4 is 10.9 Å². The maximum atomic E-state index is 5.70. The number of benzene rings is 1. The Morgan fingerprint density at radius 2 is 1.90 bits per heavy atom. The van der Waals surface area contributed by atoms with E-state index in [4.69, 9.17) is 5.84 Å². The third kappa shape index (κ3) is 2.66. The van der Waals surface area contributed by atoms with Gasteiger partial charge in [0.05, 0.1) is 11.6 Å². The van der Waals surface area contributed by atoms with E-state index in [1.54, 1.807) is 12.4 Å². The number of nitrogens with two attached hydrogens (primary N) is 1. The number of fused-ring (bicyclic) bond motifs is 1. The van der Waals surface area contributed by atoms with Crippen molar-refractivity contribution in [2.45, 2.75) is 12.5 Å². The number of nitrogens with zero attached hydrogens (tertiary/aromatic N) is 2. The summed E-state index contributed by atoms with van der Waals surface area (Å²) in [5.41, 5.74) is 6.14. The number of hydrazine groups is 1. The molecule has 2 heterocycles. The van der Waals surface area contributed by atoms with E-state index in [1.165, 1.54) is 5.56 Å². The van der Waals surface area contributed by atoms with Gasteiger partial charge in [-0.05, 0) is 41.8 Å². The lowest BCUT2D eigenvalue weighted by Gasteiger charge is -2.16. The molecule has 1 unspecified atom stereocenters. The summed E-state index contributed by atoms with van der Waals surface area (Å²) < 4.78 is 0. The van der Waals surface area contributed by atoms with E-state index in [0.29, 0.717) is 0 Å². The number of aromatic nitrogens is 2. The van der Waals surface area contributed by atoms with Crippen LogP contribution in [0.15, 0.2) is 61.1 Å². The SMILES string of the molecule is NNC(Cc1ccncc1)c1cnc2ccccc2c1. The second-order valence-electron chi connectivity index (χ2n) is 4.74. The van der Waals surface area contributed by atoms with Gasteiger partial charge in [-0.25, -0.2) is 0 Å². The summed E-state index contributed by atoms with van der Waals surface area (Å²) in [7, 11) is 0. The van der Waals surface area contributed by atoms with Crippen LogP contribution in [0.25, 0.3) is 10.9 Å². The third-order valence-corrected chi connectivity index (χ3v) is 3.40. The van der Waals surface area contributed by atoms with Gasteiger partial charge in [0, 0.05) is 24.0 Å². The maximum absolute atomic E-state index is 5.70. The van der Waals surface area contributed by atoms with Crippen molar-refractivity contribution in [2.24, 2.45) is 5.84 Å². The van der Waals surface area contributed by atoms with Gasteiger partial charge < -0.3 is 0 Å². The standard InChI is InChI=1S/C16H16N4/c17-20-16(9-12-5-7-18-8-6-12)14-10-13-3-1-2-4-15(13)19-11-14/h1-8,10-11,16,20H,9,17H2. The fourth-order valence-electron chi connectivity index (χ4n) is 2.31. The fraction of sp³-hybridized carbons (Fsp3) is 0.125. The van der Waals surface area contributed by atoms with E-state index in [-0.39, 0.29) is 6.04 Å². The van der Waals surface area contributed by atoms with Crippen LogP contribution in [-0.2, 0) is 6.42 Å². The molecule has 3 N–H and O–H groups in total. The van der Waals surface area contributed by atoms with E-state index in [1.807, 2.05) is 36.5 Å². The Hall–Kier alpha value is -2.30. The molecule has 20 heavy (non-hydrogen) atoms. The van der Waals surface area contributed by atoms with Crippen LogP contribution in [0, 0.1) is 0 Å². The minimum atomic E-state index is 0.0366. The lowest BCUT2D eigenvalue weighted by molar-refractivity contribution is 0.551. The van der Waals surface area contributed by atoms with Gasteiger partial charge in [-0.15, -0.1) is 0 Å². The first-order valence-electron chi connectivity index (χ1n) is 6.56. The van der Waals surface area contributed by atoms with Crippen molar-refractivity contribution in [3.63, 3.8) is 0 Å². The van der Waals surface area contributed by atoms with Crippen LogP contribution in [0.2, 0.25) is 0 Å². The molecule has 0 spiro atoms. The molecule has 0 aliphatic heterocycles. The van der Waals surface area contributed by atoms with Gasteiger partial charge >= 0.3 is 0 Å². The van der Waals surface area contributed by atoms with Crippen LogP contribution in [0.4, 0.5) is 0 Å². The smallest absolute Gasteiger partial charge is 0.0702 e. The second kappa shape index (κ2) is 5.77. The topological polar surface area (TPSA) is 63.8 Å². The predicted octanol–water partition coefficient (Wildman–Crippen LogP) is 2.38. The Balaban J connectivity index is 1.91. The molecule has 0 aliphatic rings. The Kier molecular flexibility index (Phi) is 3.67. The van der Waals surface area contributed by atoms with Crippen LogP contribution >= 0.6 is 0 Å². The molecule has 3 aromatic rings. The molecule has 0 fully saturated rings. The Morgan fingerprint density at radius 3 is 2.70 bits per heavy atom. The first-order valence-corrected chi connectivity index (χ1v) is 6.56. The first-order chi connectivity index (χ1) is 9.86. The summed E-state index contributed by atoms with van der Waals surface area (Å²) in [6.45, 7) is 0. The Morgan fingerprint density at radius 1 is 1.10 bits per heavy atom. The molecule has 1 aromatic carbocycles. The normalized spacial score (nSPS) is 12.4. The van der Waals surface area contributed by atoms with Crippen LogP contribution in [-0.4, -0.2) is 9.97 Å². The lowest BCUT2D eigenvalue weighted by atomic mass is 10.0. The predicted molar refractivity (Wildman–Crippen MR) is 79.7 cm³/mol. The molecule has 4 nitrogen and oxygen atoms in total. The molecule has 2 aromatic heterocycles. The van der Waals surface area contributed by atoms with Crippen LogP contribution < -0.4 is 11.3 Å². The van der Waals surface area contributed by atoms with Gasteiger partial charge in [0.2, 0.25) is 0 Å². The number of hydrogen-bond donors (Lipinski definition) is 2. The van der Waals surface area contributed by atoms with Crippen molar-refractivity contribution in [1.29, 1.82) is 0 Å². The van der Waals surface area contributed by atoms with Gasteiger partial charge in [-0.3, -0.25) is 21.2 Å². The summed E-state index contributed by atoms with van der Waals surface area (Å²) in [5.74, 6) is 5.70. The summed E-state index contributed by atoms with van der Waals surface area (Å²) in [6.07, 6.45) is 6.27. The highest BCUT2D eigenvalue weighted by Crippen LogP contribution is 2.20. The van der Waals surface area contributed by atoms with Gasteiger partial charge in [0.1, 0.15) is 0 Å². The van der Waals surface area contributed by atoms with E-state index in [0.717, 1.165) is 22.9 Å². The molecule has 100 valence electrons. The van der Waals surface area contributed by atoms with Gasteiger partial charge in [-0.1, -0.05) is 18.2 Å². The van der Waals surface area contributed by atoms with Crippen LogP contribution in [0.3, 0.4) is 0 Å². The van der Waals surface area contributed by atoms with Crippen molar-refractivity contribution in [3.8, 4) is 0 Å². The van der Waals surface area contributed by atoms with Crippen LogP contribution in [0.5, 0.6) is 0 Å². The van der Waals surface area contributed by atoms with Crippen molar-refractivity contribution in [2.75, 3.05) is 0 Å². The Bertz CT molecular complexity index is 697. The monoisotopic (exact) mass is 264 g/mol. The minimum Gasteiger partial charge on any atom is -0.271 e. The minimum absolute atomic E-state index is 0.0366. The first kappa shape index (κ1) is 12.7. The highest BCUT2D eigenvalue weighted by molar-refractivity contribution is 5.78. The summed E-state index contributed by atoms with van der Waals surface area (Å²) in [4.78, 5) is 8.51. The molecule has 1 atom stereocenters. The van der Waals surface area contributed by atoms with Gasteiger partial charge in [0.15, 0.2) is 0 Å². The number of hydrogen-bond acceptors (Lipinski definition) is 4. The van der Waals surface area contributed by atoms with Gasteiger partial charge in [-0.2, -0.15) is 0 Å². The zero-order chi connectivity index (χ0) is 13.8. The maximum Gasteiger partial charge on any atom is 0.0702 e. The number of para-hydroxylation sites is 1. The number of nitrogens with one attached hydrogen (secondary N) is 1. The Labute approximate surface area is 117 Å². The van der Waals surface area contributed by atoms with E-state index in [2.05, 4.69) is 27.5 Å². The molecule has 0 aliphatic carbocycles. The summed E-state index contributed by atoms with van der Waals surface area (Å²) in [6, 6.07) is 14.2. The van der Waals surface area contributed by atoms with E-state index in [9.17, 15) is 0 Å². The number of rotatable bonds is 4. The highest BCUT2D eigenvalue weighted by Gasteiger charge is 2.11. The third-order valence-electron chi connectivity index (χ3n) is 3.40. The van der Waals surface area contributed by atoms with E-state index < -0.39 is 0 Å². The average molecular weight is 264 g/mol. The molecular formula is C16H16N4. The van der Waals surface area contributed by atoms with E-state index >= 15 is 0 Å². The molecule has 0 saturated heterocycles. The zero-order valence-electron chi connectivity index (χ0n) is 11.0. The summed E-state index contributed by atoms with van der Waals surface area (Å²) in [5, 5.41) is 1.12. The van der Waals surface area contributed by atoms with Crippen molar-refractivity contribution < 1.29 is 0 Å². The molecule has 0 radical (unpaired) electrons. The molecule has 4 heteroatoms. The fourth-order valence-corrected chi connectivity index (χ4v) is 2.31. The van der Waals surface area contributed by atoms with Crippen LogP contribution in [0.1, 0.15) is 17.2 Å². The second-order valence-corrected chi connectivity index (χ2v) is 4.74. The molecular weight excluding hydrogens is 248 g/mol. The number of pyridine rings is 2. The van der Waals surface area contributed by atoms with Gasteiger partial charge in [0.25, 0.3) is 0 Å². The molecule has 3 rings (SSSR count).